The highest BCUT2D eigenvalue weighted by molar-refractivity contribution is 5.62. The Bertz CT molecular complexity index is 709. The molecule has 1 fully saturated rings. The van der Waals surface area contributed by atoms with Crippen LogP contribution >= 0.6 is 0 Å². The van der Waals surface area contributed by atoms with E-state index in [0.717, 1.165) is 12.0 Å². The van der Waals surface area contributed by atoms with Gasteiger partial charge in [-0.05, 0) is 46.2 Å². The van der Waals surface area contributed by atoms with Gasteiger partial charge in [0.2, 0.25) is 5.89 Å². The summed E-state index contributed by atoms with van der Waals surface area (Å²) in [5, 5.41) is 11.8. The van der Waals surface area contributed by atoms with Crippen LogP contribution in [0.5, 0.6) is 5.75 Å². The van der Waals surface area contributed by atoms with Crippen molar-refractivity contribution in [3.63, 3.8) is 0 Å². The lowest BCUT2D eigenvalue weighted by Crippen LogP contribution is -2.43. The van der Waals surface area contributed by atoms with Crippen molar-refractivity contribution in [3.05, 3.63) is 30.2 Å². The fourth-order valence-electron chi connectivity index (χ4n) is 3.35. The maximum atomic E-state index is 6.10. The van der Waals surface area contributed by atoms with Gasteiger partial charge in [-0.25, -0.2) is 0 Å². The smallest absolute Gasteiger partial charge is 0.251 e. The van der Waals surface area contributed by atoms with Crippen molar-refractivity contribution in [2.24, 2.45) is 0 Å². The first-order chi connectivity index (χ1) is 11.3. The van der Waals surface area contributed by atoms with Crippen LogP contribution in [0.15, 0.2) is 28.7 Å². The van der Waals surface area contributed by atoms with E-state index in [0.29, 0.717) is 24.1 Å². The van der Waals surface area contributed by atoms with Crippen LogP contribution in [0.4, 0.5) is 0 Å². The Balaban J connectivity index is 1.69. The van der Waals surface area contributed by atoms with Gasteiger partial charge in [-0.3, -0.25) is 0 Å². The number of hydrogen-bond donors (Lipinski definition) is 1. The highest BCUT2D eigenvalue weighted by Gasteiger charge is 2.45. The van der Waals surface area contributed by atoms with Crippen LogP contribution in [-0.2, 0) is 11.3 Å². The van der Waals surface area contributed by atoms with Gasteiger partial charge in [-0.15, -0.1) is 10.2 Å². The highest BCUT2D eigenvalue weighted by atomic mass is 16.5. The second-order valence-electron chi connectivity index (χ2n) is 7.30. The van der Waals surface area contributed by atoms with E-state index in [1.165, 1.54) is 0 Å². The molecule has 130 valence electrons. The van der Waals surface area contributed by atoms with Crippen LogP contribution < -0.4 is 10.1 Å². The minimum Gasteiger partial charge on any atom is -0.496 e. The van der Waals surface area contributed by atoms with Gasteiger partial charge in [0.05, 0.1) is 30.4 Å². The summed E-state index contributed by atoms with van der Waals surface area (Å²) < 4.78 is 17.2. The summed E-state index contributed by atoms with van der Waals surface area (Å²) in [5.41, 5.74) is 0.442. The first-order valence-corrected chi connectivity index (χ1v) is 8.20. The van der Waals surface area contributed by atoms with Gasteiger partial charge in [-0.2, -0.15) is 0 Å². The van der Waals surface area contributed by atoms with Gasteiger partial charge >= 0.3 is 0 Å². The number of methoxy groups -OCH3 is 1. The molecule has 0 spiro atoms. The molecule has 6 heteroatoms. The predicted octanol–water partition coefficient (Wildman–Crippen LogP) is 3.18. The summed E-state index contributed by atoms with van der Waals surface area (Å²) in [4.78, 5) is 0. The minimum atomic E-state index is -0.227. The summed E-state index contributed by atoms with van der Waals surface area (Å²) in [6.07, 6.45) is 0.938. The number of aromatic nitrogens is 2. The molecule has 1 N–H and O–H groups in total. The van der Waals surface area contributed by atoms with Crippen LogP contribution in [0.25, 0.3) is 11.5 Å². The molecule has 0 aliphatic carbocycles. The van der Waals surface area contributed by atoms with Crippen molar-refractivity contribution in [2.75, 3.05) is 7.11 Å². The Labute approximate surface area is 142 Å². The molecule has 2 aromatic rings. The van der Waals surface area contributed by atoms with Crippen LogP contribution in [0.2, 0.25) is 0 Å². The average molecular weight is 331 g/mol. The molecule has 6 nitrogen and oxygen atoms in total. The maximum absolute atomic E-state index is 6.10. The first kappa shape index (κ1) is 16.9. The van der Waals surface area contributed by atoms with Crippen molar-refractivity contribution in [1.29, 1.82) is 0 Å². The average Bonchev–Trinajstić information content (AvgIpc) is 3.06. The van der Waals surface area contributed by atoms with E-state index in [2.05, 4.69) is 43.2 Å². The number of ether oxygens (including phenoxy) is 2. The molecule has 1 saturated heterocycles. The number of rotatable bonds is 5. The molecule has 0 amide bonds. The van der Waals surface area contributed by atoms with Gasteiger partial charge in [0.1, 0.15) is 5.75 Å². The molecular formula is C18H25N3O3. The number of benzene rings is 1. The van der Waals surface area contributed by atoms with E-state index >= 15 is 0 Å². The molecule has 1 atom stereocenters. The largest absolute Gasteiger partial charge is 0.496 e. The molecule has 1 aliphatic rings. The lowest BCUT2D eigenvalue weighted by Gasteiger charge is -2.27. The number of nitrogens with one attached hydrogen (secondary N) is 1. The standard InChI is InChI=1S/C18H25N3O3/c1-17(2)10-14(18(3,4)24-17)19-11-15-20-21-16(23-15)12-8-6-7-9-13(12)22-5/h6-9,14,19H,10-11H2,1-5H3/t14-/m0/s1. The molecule has 2 heterocycles. The molecule has 0 saturated carbocycles. The van der Waals surface area contributed by atoms with Gasteiger partial charge in [0.25, 0.3) is 5.89 Å². The zero-order valence-electron chi connectivity index (χ0n) is 14.9. The molecule has 1 aromatic carbocycles. The second-order valence-corrected chi connectivity index (χ2v) is 7.30. The van der Waals surface area contributed by atoms with Crippen molar-refractivity contribution in [2.45, 2.75) is 57.9 Å². The summed E-state index contributed by atoms with van der Waals surface area (Å²) in [6, 6.07) is 7.83. The molecule has 1 aromatic heterocycles. The lowest BCUT2D eigenvalue weighted by atomic mass is 9.94. The van der Waals surface area contributed by atoms with Gasteiger partial charge in [0, 0.05) is 6.04 Å². The minimum absolute atomic E-state index is 0.126. The number of para-hydroxylation sites is 1. The highest BCUT2D eigenvalue weighted by Crippen LogP contribution is 2.37. The zero-order valence-corrected chi connectivity index (χ0v) is 14.9. The quantitative estimate of drug-likeness (QED) is 0.907. The van der Waals surface area contributed by atoms with E-state index < -0.39 is 0 Å². The van der Waals surface area contributed by atoms with Gasteiger partial charge in [0.15, 0.2) is 0 Å². The second kappa shape index (κ2) is 6.18. The maximum Gasteiger partial charge on any atom is 0.251 e. The van der Waals surface area contributed by atoms with E-state index in [-0.39, 0.29) is 17.2 Å². The molecule has 3 rings (SSSR count). The Hall–Kier alpha value is -1.92. The van der Waals surface area contributed by atoms with Crippen molar-refractivity contribution >= 4 is 0 Å². The monoisotopic (exact) mass is 331 g/mol. The Morgan fingerprint density at radius 1 is 1.21 bits per heavy atom. The van der Waals surface area contributed by atoms with Crippen molar-refractivity contribution < 1.29 is 13.9 Å². The fraction of sp³-hybridized carbons (Fsp3) is 0.556. The van der Waals surface area contributed by atoms with E-state index in [1.807, 2.05) is 24.3 Å². The third kappa shape index (κ3) is 3.44. The lowest BCUT2D eigenvalue weighted by molar-refractivity contribution is -0.0699. The van der Waals surface area contributed by atoms with E-state index in [9.17, 15) is 0 Å². The van der Waals surface area contributed by atoms with Gasteiger partial charge < -0.3 is 19.2 Å². The Morgan fingerprint density at radius 2 is 1.96 bits per heavy atom. The molecular weight excluding hydrogens is 306 g/mol. The fourth-order valence-corrected chi connectivity index (χ4v) is 3.35. The summed E-state index contributed by atoms with van der Waals surface area (Å²) >= 11 is 0. The van der Waals surface area contributed by atoms with Crippen LogP contribution in [0.1, 0.15) is 40.0 Å². The Morgan fingerprint density at radius 3 is 2.62 bits per heavy atom. The molecule has 1 aliphatic heterocycles. The first-order valence-electron chi connectivity index (χ1n) is 8.20. The molecule has 0 radical (unpaired) electrons. The van der Waals surface area contributed by atoms with E-state index in [4.69, 9.17) is 13.9 Å². The van der Waals surface area contributed by atoms with Crippen molar-refractivity contribution in [1.82, 2.24) is 15.5 Å². The molecule has 0 unspecified atom stereocenters. The zero-order chi connectivity index (χ0) is 17.4. The summed E-state index contributed by atoms with van der Waals surface area (Å²) in [6.45, 7) is 8.95. The van der Waals surface area contributed by atoms with Crippen LogP contribution in [0, 0.1) is 0 Å². The summed E-state index contributed by atoms with van der Waals surface area (Å²) in [7, 11) is 1.63. The predicted molar refractivity (Wildman–Crippen MR) is 90.8 cm³/mol. The number of nitrogens with zero attached hydrogens (tertiary/aromatic N) is 2. The third-order valence-corrected chi connectivity index (χ3v) is 4.38. The van der Waals surface area contributed by atoms with Crippen LogP contribution in [0.3, 0.4) is 0 Å². The SMILES string of the molecule is COc1ccccc1-c1nnc(CN[C@H]2CC(C)(C)OC2(C)C)o1. The molecule has 0 bridgehead atoms. The van der Waals surface area contributed by atoms with E-state index in [1.54, 1.807) is 7.11 Å². The van der Waals surface area contributed by atoms with Crippen LogP contribution in [-0.4, -0.2) is 34.6 Å². The molecule has 24 heavy (non-hydrogen) atoms. The number of hydrogen-bond acceptors (Lipinski definition) is 6. The van der Waals surface area contributed by atoms with Crippen molar-refractivity contribution in [3.8, 4) is 17.2 Å². The topological polar surface area (TPSA) is 69.4 Å². The third-order valence-electron chi connectivity index (χ3n) is 4.38. The van der Waals surface area contributed by atoms with Gasteiger partial charge in [-0.1, -0.05) is 12.1 Å². The normalized spacial score (nSPS) is 21.8. The Kier molecular flexibility index (Phi) is 4.36. The summed E-state index contributed by atoms with van der Waals surface area (Å²) in [5.74, 6) is 1.73.